The molecule has 178 valence electrons. The van der Waals surface area contributed by atoms with Gasteiger partial charge >= 0.3 is 12.1 Å². The lowest BCUT2D eigenvalue weighted by atomic mass is 9.98. The number of carboxylic acids is 1. The molecule has 4 rings (SSSR count). The van der Waals surface area contributed by atoms with Crippen LogP contribution in [0.4, 0.5) is 10.5 Å². The van der Waals surface area contributed by atoms with Gasteiger partial charge in [-0.05, 0) is 47.7 Å². The lowest BCUT2D eigenvalue weighted by Crippen LogP contribution is -2.44. The minimum Gasteiger partial charge on any atom is -0.478 e. The highest BCUT2D eigenvalue weighted by molar-refractivity contribution is 6.03. The Balaban J connectivity index is 1.43. The highest BCUT2D eigenvalue weighted by Gasteiger charge is 2.29. The van der Waals surface area contributed by atoms with Crippen molar-refractivity contribution in [2.24, 2.45) is 0 Å². The summed E-state index contributed by atoms with van der Waals surface area (Å²) >= 11 is 0. The zero-order valence-electron chi connectivity index (χ0n) is 19.3. The van der Waals surface area contributed by atoms with E-state index in [0.29, 0.717) is 0 Å². The highest BCUT2D eigenvalue weighted by atomic mass is 16.5. The van der Waals surface area contributed by atoms with Crippen LogP contribution in [-0.2, 0) is 9.53 Å². The summed E-state index contributed by atoms with van der Waals surface area (Å²) in [5.41, 5.74) is 5.28. The molecule has 1 aliphatic rings. The second-order valence-corrected chi connectivity index (χ2v) is 8.39. The number of hydrogen-bond acceptors (Lipinski definition) is 4. The average Bonchev–Trinajstić information content (AvgIpc) is 3.17. The van der Waals surface area contributed by atoms with Gasteiger partial charge in [0, 0.05) is 5.92 Å². The van der Waals surface area contributed by atoms with Gasteiger partial charge < -0.3 is 20.5 Å². The Kier molecular flexibility index (Phi) is 6.96. The molecule has 3 aromatic carbocycles. The van der Waals surface area contributed by atoms with Crippen LogP contribution in [0.3, 0.4) is 0 Å². The molecular weight excluding hydrogens is 444 g/mol. The third-order valence-electron chi connectivity index (χ3n) is 6.02. The number of carbonyl (C=O) groups is 3. The Labute approximate surface area is 203 Å². The van der Waals surface area contributed by atoms with E-state index in [1.54, 1.807) is 13.0 Å². The van der Waals surface area contributed by atoms with Gasteiger partial charge in [0.15, 0.2) is 0 Å². The molecule has 0 radical (unpaired) electrons. The van der Waals surface area contributed by atoms with Gasteiger partial charge in [-0.3, -0.25) is 4.79 Å². The summed E-state index contributed by atoms with van der Waals surface area (Å²) in [6.45, 7) is 5.52. The van der Waals surface area contributed by atoms with Crippen LogP contribution >= 0.6 is 0 Å². The Morgan fingerprint density at radius 2 is 1.66 bits per heavy atom. The summed E-state index contributed by atoms with van der Waals surface area (Å²) < 4.78 is 5.54. The number of benzene rings is 3. The van der Waals surface area contributed by atoms with Crippen molar-refractivity contribution in [1.29, 1.82) is 0 Å². The van der Waals surface area contributed by atoms with Crippen molar-refractivity contribution in [3.8, 4) is 11.1 Å². The van der Waals surface area contributed by atoms with E-state index in [9.17, 15) is 19.5 Å². The van der Waals surface area contributed by atoms with E-state index in [4.69, 9.17) is 4.74 Å². The number of carboxylic acid groups (broad SMARTS) is 1. The fraction of sp³-hybridized carbons (Fsp3) is 0.179. The Morgan fingerprint density at radius 3 is 2.26 bits per heavy atom. The van der Waals surface area contributed by atoms with Crippen LogP contribution in [0, 0.1) is 6.92 Å². The Bertz CT molecular complexity index is 1250. The summed E-state index contributed by atoms with van der Waals surface area (Å²) in [4.78, 5) is 37.1. The van der Waals surface area contributed by atoms with Gasteiger partial charge in [0.25, 0.3) is 0 Å². The zero-order valence-corrected chi connectivity index (χ0v) is 19.3. The zero-order chi connectivity index (χ0) is 24.9. The van der Waals surface area contributed by atoms with Crippen LogP contribution in [0.25, 0.3) is 11.1 Å². The standard InChI is InChI=1S/C28H26N2O5/c1-3-8-25(26(31)29-24-14-13-17(2)15-22(24)27(32)33)30-28(34)35-16-23-20-11-6-4-9-18(20)19-10-5-7-12-21(19)23/h3-7,9-15,23,25H,1,8,16H2,2H3,(H,29,31)(H,30,34)(H,32,33). The molecule has 1 atom stereocenters. The minimum atomic E-state index is -1.16. The lowest BCUT2D eigenvalue weighted by Gasteiger charge is -2.19. The van der Waals surface area contributed by atoms with Crippen molar-refractivity contribution in [2.45, 2.75) is 25.3 Å². The maximum atomic E-state index is 12.9. The summed E-state index contributed by atoms with van der Waals surface area (Å²) in [6.07, 6.45) is 0.905. The normalized spacial score (nSPS) is 12.7. The van der Waals surface area contributed by atoms with E-state index in [1.165, 1.54) is 18.2 Å². The molecule has 0 bridgehead atoms. The number of anilines is 1. The molecule has 0 spiro atoms. The number of aromatic carboxylic acids is 1. The molecule has 0 heterocycles. The molecule has 0 saturated heterocycles. The number of carbonyl (C=O) groups excluding carboxylic acids is 2. The molecule has 7 nitrogen and oxygen atoms in total. The van der Waals surface area contributed by atoms with Crippen molar-refractivity contribution in [3.05, 3.63) is 102 Å². The average molecular weight is 471 g/mol. The second-order valence-electron chi connectivity index (χ2n) is 8.39. The first-order valence-electron chi connectivity index (χ1n) is 11.3. The molecule has 0 fully saturated rings. The maximum absolute atomic E-state index is 12.9. The smallest absolute Gasteiger partial charge is 0.407 e. The monoisotopic (exact) mass is 470 g/mol. The van der Waals surface area contributed by atoms with E-state index >= 15 is 0 Å². The Morgan fingerprint density at radius 1 is 1.03 bits per heavy atom. The summed E-state index contributed by atoms with van der Waals surface area (Å²) in [5.74, 6) is -1.83. The van der Waals surface area contributed by atoms with Gasteiger partial charge in [0.2, 0.25) is 5.91 Å². The largest absolute Gasteiger partial charge is 0.478 e. The van der Waals surface area contributed by atoms with E-state index < -0.39 is 24.0 Å². The number of amides is 2. The SMILES string of the molecule is C=CCC(NC(=O)OCC1c2ccccc2-c2ccccc21)C(=O)Nc1ccc(C)cc1C(=O)O. The number of aryl methyl sites for hydroxylation is 1. The van der Waals surface area contributed by atoms with Crippen LogP contribution < -0.4 is 10.6 Å². The van der Waals surface area contributed by atoms with Gasteiger partial charge in [-0.15, -0.1) is 6.58 Å². The topological polar surface area (TPSA) is 105 Å². The van der Waals surface area contributed by atoms with Gasteiger partial charge in [-0.25, -0.2) is 9.59 Å². The molecular formula is C28H26N2O5. The van der Waals surface area contributed by atoms with Crippen molar-refractivity contribution < 1.29 is 24.2 Å². The number of fused-ring (bicyclic) bond motifs is 3. The van der Waals surface area contributed by atoms with E-state index in [-0.39, 0.29) is 30.2 Å². The molecule has 1 unspecified atom stereocenters. The van der Waals surface area contributed by atoms with Gasteiger partial charge in [0.1, 0.15) is 12.6 Å². The van der Waals surface area contributed by atoms with Crippen LogP contribution in [-0.4, -0.2) is 35.7 Å². The highest BCUT2D eigenvalue weighted by Crippen LogP contribution is 2.44. The number of rotatable bonds is 8. The van der Waals surface area contributed by atoms with E-state index in [0.717, 1.165) is 27.8 Å². The van der Waals surface area contributed by atoms with Gasteiger partial charge in [-0.2, -0.15) is 0 Å². The van der Waals surface area contributed by atoms with Crippen LogP contribution in [0.15, 0.2) is 79.4 Å². The predicted molar refractivity (Wildman–Crippen MR) is 134 cm³/mol. The summed E-state index contributed by atoms with van der Waals surface area (Å²) in [5, 5.41) is 14.6. The fourth-order valence-corrected chi connectivity index (χ4v) is 4.34. The summed E-state index contributed by atoms with van der Waals surface area (Å²) in [6, 6.07) is 19.7. The molecule has 2 amide bonds. The van der Waals surface area contributed by atoms with E-state index in [1.807, 2.05) is 36.4 Å². The van der Waals surface area contributed by atoms with Crippen molar-refractivity contribution in [3.63, 3.8) is 0 Å². The first-order valence-corrected chi connectivity index (χ1v) is 11.3. The maximum Gasteiger partial charge on any atom is 0.407 e. The molecule has 35 heavy (non-hydrogen) atoms. The number of alkyl carbamates (subject to hydrolysis) is 1. The first-order chi connectivity index (χ1) is 16.9. The molecule has 3 N–H and O–H groups in total. The van der Waals surface area contributed by atoms with Crippen LogP contribution in [0.2, 0.25) is 0 Å². The minimum absolute atomic E-state index is 0.0307. The molecule has 3 aromatic rings. The first kappa shape index (κ1) is 23.8. The fourth-order valence-electron chi connectivity index (χ4n) is 4.34. The summed E-state index contributed by atoms with van der Waals surface area (Å²) in [7, 11) is 0. The molecule has 0 aliphatic heterocycles. The Hall–Kier alpha value is -4.39. The van der Waals surface area contributed by atoms with E-state index in [2.05, 4.69) is 29.3 Å². The predicted octanol–water partition coefficient (Wildman–Crippen LogP) is 5.12. The number of hydrogen-bond donors (Lipinski definition) is 3. The quantitative estimate of drug-likeness (QED) is 0.397. The van der Waals surface area contributed by atoms with Crippen LogP contribution in [0.1, 0.15) is 39.4 Å². The molecule has 1 aliphatic carbocycles. The third kappa shape index (κ3) is 5.09. The van der Waals surface area contributed by atoms with Crippen molar-refractivity contribution >= 4 is 23.7 Å². The number of nitrogens with one attached hydrogen (secondary N) is 2. The van der Waals surface area contributed by atoms with Crippen LogP contribution in [0.5, 0.6) is 0 Å². The molecule has 0 aromatic heterocycles. The third-order valence-corrected chi connectivity index (χ3v) is 6.02. The molecule has 7 heteroatoms. The van der Waals surface area contributed by atoms with Gasteiger partial charge in [0.05, 0.1) is 11.3 Å². The lowest BCUT2D eigenvalue weighted by molar-refractivity contribution is -0.118. The van der Waals surface area contributed by atoms with Gasteiger partial charge in [-0.1, -0.05) is 66.2 Å². The molecule has 0 saturated carbocycles. The van der Waals surface area contributed by atoms with Crippen molar-refractivity contribution in [2.75, 3.05) is 11.9 Å². The number of ether oxygens (including phenoxy) is 1. The second kappa shape index (κ2) is 10.3. The van der Waals surface area contributed by atoms with Crippen molar-refractivity contribution in [1.82, 2.24) is 5.32 Å².